The van der Waals surface area contributed by atoms with E-state index in [4.69, 9.17) is 17.3 Å². The molecule has 0 heterocycles. The first-order valence-electron chi connectivity index (χ1n) is 10.1. The minimum atomic E-state index is -3.96. The molecule has 2 atom stereocenters. The second-order valence-electron chi connectivity index (χ2n) is 7.34. The van der Waals surface area contributed by atoms with Gasteiger partial charge in [0, 0.05) is 6.42 Å². The molecule has 10 heteroatoms. The van der Waals surface area contributed by atoms with Crippen molar-refractivity contribution in [3.05, 3.63) is 0 Å². The van der Waals surface area contributed by atoms with Gasteiger partial charge in [-0.15, -0.1) is 0 Å². The molecule has 0 radical (unpaired) electrons. The largest absolute Gasteiger partial charge is 0.481 e. The van der Waals surface area contributed by atoms with Crippen molar-refractivity contribution < 1.29 is 27.1 Å². The van der Waals surface area contributed by atoms with Crippen LogP contribution < -0.4 is 0 Å². The molecule has 0 spiro atoms. The molecule has 2 unspecified atom stereocenters. The van der Waals surface area contributed by atoms with Crippen LogP contribution in [0.25, 0.3) is 0 Å². The average molecular weight is 468 g/mol. The molecule has 0 aliphatic heterocycles. The monoisotopic (exact) mass is 467 g/mol. The van der Waals surface area contributed by atoms with Crippen molar-refractivity contribution in [1.82, 2.24) is 0 Å². The van der Waals surface area contributed by atoms with E-state index in [1.807, 2.05) is 0 Å². The van der Waals surface area contributed by atoms with Gasteiger partial charge in [0.2, 0.25) is 0 Å². The molecule has 0 fully saturated rings. The summed E-state index contributed by atoms with van der Waals surface area (Å²) in [6.45, 7) is 2.18. The van der Waals surface area contributed by atoms with Gasteiger partial charge in [0.1, 0.15) is 9.61 Å². The third-order valence-electron chi connectivity index (χ3n) is 4.79. The molecule has 7 nitrogen and oxygen atoms in total. The van der Waals surface area contributed by atoms with Crippen molar-refractivity contribution >= 4 is 43.3 Å². The first-order chi connectivity index (χ1) is 13.6. The first-order valence-corrected chi connectivity index (χ1v) is 13.4. The Kier molecular flexibility index (Phi) is 14.5. The van der Waals surface area contributed by atoms with Crippen LogP contribution in [-0.2, 0) is 25.7 Å². The maximum Gasteiger partial charge on any atom is 0.303 e. The van der Waals surface area contributed by atoms with Crippen molar-refractivity contribution in [3.63, 3.8) is 0 Å². The number of rotatable bonds is 17. The summed E-state index contributed by atoms with van der Waals surface area (Å²) in [6, 6.07) is 1.71. The lowest BCUT2D eigenvalue weighted by atomic mass is 9.89. The Morgan fingerprint density at radius 3 is 1.97 bits per heavy atom. The van der Waals surface area contributed by atoms with E-state index in [1.54, 1.807) is 6.07 Å². The Hall–Kier alpha value is -0.890. The smallest absolute Gasteiger partial charge is 0.303 e. The number of sulfone groups is 1. The van der Waals surface area contributed by atoms with Gasteiger partial charge in [-0.05, 0) is 12.8 Å². The Morgan fingerprint density at radius 2 is 1.55 bits per heavy atom. The molecule has 168 valence electrons. The van der Waals surface area contributed by atoms with Crippen LogP contribution in [0.3, 0.4) is 0 Å². The summed E-state index contributed by atoms with van der Waals surface area (Å²) in [6.07, 6.45) is 9.42. The van der Waals surface area contributed by atoms with Crippen LogP contribution in [0.4, 0.5) is 0 Å². The fourth-order valence-corrected chi connectivity index (χ4v) is 6.08. The summed E-state index contributed by atoms with van der Waals surface area (Å²) in [7, 11) is -3.96. The minimum Gasteiger partial charge on any atom is -0.481 e. The standard InChI is InChI=1S/C19H33NO6S3/c1-2-3-4-5-6-7-8-9-10-11-14-29(25,26)18(27)19(15-20,16-28(23)24)13-12-17(21)22/h2-14,16H2,1H3,(H,21,22)(H,23,24). The molecule has 0 aliphatic carbocycles. The highest BCUT2D eigenvalue weighted by atomic mass is 32.2. The molecule has 2 N–H and O–H groups in total. The number of thiocarbonyl (C=S) groups is 1. The number of hydrogen-bond acceptors (Lipinski definition) is 6. The third kappa shape index (κ3) is 11.8. The molecule has 0 aromatic rings. The maximum absolute atomic E-state index is 12.6. The average Bonchev–Trinajstić information content (AvgIpc) is 2.65. The van der Waals surface area contributed by atoms with Crippen LogP contribution in [0.5, 0.6) is 0 Å². The zero-order valence-electron chi connectivity index (χ0n) is 17.1. The molecular formula is C19H33NO6S3. The summed E-state index contributed by atoms with van der Waals surface area (Å²) in [5.74, 6) is -2.19. The number of nitriles is 1. The number of carbonyl (C=O) groups is 1. The molecule has 0 aliphatic rings. The SMILES string of the molecule is CCCCCCCCCCCCS(=O)(=O)C(=S)C(C#N)(CCC(=O)O)CS(=O)O. The molecule has 0 bridgehead atoms. The van der Waals surface area contributed by atoms with E-state index in [9.17, 15) is 27.2 Å². The number of carboxylic acid groups (broad SMARTS) is 1. The molecular weight excluding hydrogens is 434 g/mol. The predicted molar refractivity (Wildman–Crippen MR) is 119 cm³/mol. The van der Waals surface area contributed by atoms with Crippen LogP contribution in [0.1, 0.15) is 84.0 Å². The normalized spacial score (nSPS) is 14.7. The maximum atomic E-state index is 12.6. The number of aliphatic carboxylic acids is 1. The van der Waals surface area contributed by atoms with E-state index < -0.39 is 55.1 Å². The molecule has 0 aromatic heterocycles. The van der Waals surface area contributed by atoms with Crippen molar-refractivity contribution in [1.29, 1.82) is 5.26 Å². The Morgan fingerprint density at radius 1 is 1.07 bits per heavy atom. The van der Waals surface area contributed by atoms with E-state index in [2.05, 4.69) is 6.92 Å². The van der Waals surface area contributed by atoms with Gasteiger partial charge in [-0.25, -0.2) is 12.6 Å². The Bertz CT molecular complexity index is 687. The Balaban J connectivity index is 4.63. The quantitative estimate of drug-likeness (QED) is 0.184. The molecule has 0 amide bonds. The number of unbranched alkanes of at least 4 members (excludes halogenated alkanes) is 9. The number of hydrogen-bond donors (Lipinski definition) is 2. The summed E-state index contributed by atoms with van der Waals surface area (Å²) >= 11 is 2.53. The molecule has 0 saturated carbocycles. The second-order valence-corrected chi connectivity index (χ2v) is 11.0. The van der Waals surface area contributed by atoms with Gasteiger partial charge in [-0.2, -0.15) is 5.26 Å². The summed E-state index contributed by atoms with van der Waals surface area (Å²) in [5.41, 5.74) is -1.95. The third-order valence-corrected chi connectivity index (χ3v) is 8.46. The highest BCUT2D eigenvalue weighted by Gasteiger charge is 2.43. The molecule has 0 saturated heterocycles. The highest BCUT2D eigenvalue weighted by Crippen LogP contribution is 2.30. The number of nitrogens with zero attached hydrogens (tertiary/aromatic N) is 1. The van der Waals surface area contributed by atoms with Gasteiger partial charge < -0.3 is 9.66 Å². The molecule has 0 aromatic carbocycles. The summed E-state index contributed by atoms with van der Waals surface area (Å²) in [5, 5.41) is 18.3. The predicted octanol–water partition coefficient (Wildman–Crippen LogP) is 4.25. The zero-order chi connectivity index (χ0) is 22.3. The first kappa shape index (κ1) is 28.1. The van der Waals surface area contributed by atoms with Crippen molar-refractivity contribution in [3.8, 4) is 6.07 Å². The van der Waals surface area contributed by atoms with Crippen molar-refractivity contribution in [2.24, 2.45) is 5.41 Å². The van der Waals surface area contributed by atoms with Gasteiger partial charge in [0.05, 0.1) is 17.6 Å². The lowest BCUT2D eigenvalue weighted by Gasteiger charge is -2.25. The number of carboxylic acids is 1. The summed E-state index contributed by atoms with van der Waals surface area (Å²) in [4.78, 5) is 10.9. The summed E-state index contributed by atoms with van der Waals surface area (Å²) < 4.78 is 45.0. The topological polar surface area (TPSA) is 133 Å². The van der Waals surface area contributed by atoms with Crippen molar-refractivity contribution in [2.75, 3.05) is 11.5 Å². The van der Waals surface area contributed by atoms with E-state index in [0.29, 0.717) is 6.42 Å². The van der Waals surface area contributed by atoms with E-state index in [1.165, 1.54) is 32.1 Å². The van der Waals surface area contributed by atoms with Gasteiger partial charge in [0.15, 0.2) is 20.9 Å². The van der Waals surface area contributed by atoms with Crippen LogP contribution >= 0.6 is 12.2 Å². The van der Waals surface area contributed by atoms with E-state index >= 15 is 0 Å². The highest BCUT2D eigenvalue weighted by molar-refractivity contribution is 8.17. The lowest BCUT2D eigenvalue weighted by Crippen LogP contribution is -2.40. The van der Waals surface area contributed by atoms with Crippen LogP contribution in [-0.4, -0.2) is 44.0 Å². The fraction of sp³-hybridized carbons (Fsp3) is 0.842. The molecule has 29 heavy (non-hydrogen) atoms. The van der Waals surface area contributed by atoms with Gasteiger partial charge in [-0.3, -0.25) is 4.79 Å². The van der Waals surface area contributed by atoms with Crippen LogP contribution in [0, 0.1) is 16.7 Å². The van der Waals surface area contributed by atoms with Crippen LogP contribution in [0.15, 0.2) is 0 Å². The minimum absolute atomic E-state index is 0.239. The van der Waals surface area contributed by atoms with Crippen molar-refractivity contribution in [2.45, 2.75) is 84.0 Å². The van der Waals surface area contributed by atoms with E-state index in [0.717, 1.165) is 25.7 Å². The van der Waals surface area contributed by atoms with E-state index in [-0.39, 0.29) is 5.75 Å². The molecule has 0 rings (SSSR count). The van der Waals surface area contributed by atoms with Gasteiger partial charge in [0.25, 0.3) is 0 Å². The zero-order valence-corrected chi connectivity index (χ0v) is 19.5. The van der Waals surface area contributed by atoms with Gasteiger partial charge >= 0.3 is 5.97 Å². The Labute approximate surface area is 182 Å². The van der Waals surface area contributed by atoms with Crippen LogP contribution in [0.2, 0.25) is 0 Å². The second kappa shape index (κ2) is 15.0. The fourth-order valence-electron chi connectivity index (χ4n) is 3.07. The van der Waals surface area contributed by atoms with Gasteiger partial charge in [-0.1, -0.05) is 76.9 Å². The lowest BCUT2D eigenvalue weighted by molar-refractivity contribution is -0.137.